The molecule has 0 unspecified atom stereocenters. The van der Waals surface area contributed by atoms with Crippen LogP contribution in [0.3, 0.4) is 0 Å². The van der Waals surface area contributed by atoms with Crippen LogP contribution in [0.1, 0.15) is 18.9 Å². The predicted octanol–water partition coefficient (Wildman–Crippen LogP) is 2.92. The number of hydrogen-bond acceptors (Lipinski definition) is 3. The molecule has 0 radical (unpaired) electrons. The van der Waals surface area contributed by atoms with E-state index in [4.69, 9.17) is 4.74 Å². The lowest BCUT2D eigenvalue weighted by Crippen LogP contribution is -2.12. The molecule has 0 saturated heterocycles. The van der Waals surface area contributed by atoms with Crippen molar-refractivity contribution in [2.45, 2.75) is 18.7 Å². The normalized spacial score (nSPS) is 11.5. The van der Waals surface area contributed by atoms with Gasteiger partial charge < -0.3 is 4.74 Å². The topological polar surface area (TPSA) is 43.4 Å². The van der Waals surface area contributed by atoms with Crippen molar-refractivity contribution in [3.8, 4) is 5.75 Å². The lowest BCUT2D eigenvalue weighted by atomic mass is 10.2. The maximum Gasteiger partial charge on any atom is 0.165 e. The quantitative estimate of drug-likeness (QED) is 0.567. The Morgan fingerprint density at radius 3 is 2.67 bits per heavy atom. The van der Waals surface area contributed by atoms with Crippen LogP contribution >= 0.6 is 15.9 Å². The van der Waals surface area contributed by atoms with Gasteiger partial charge in [0.2, 0.25) is 0 Å². The standard InChI is InChI=1S/C12H16BrFO3S/c1-2-18(15,16)7-3-6-17-12-5-4-10(9-13)8-11(12)14/h4-5,8H,2-3,6-7,9H2,1H3. The van der Waals surface area contributed by atoms with E-state index in [2.05, 4.69) is 15.9 Å². The summed E-state index contributed by atoms with van der Waals surface area (Å²) in [6, 6.07) is 4.71. The molecule has 6 heteroatoms. The highest BCUT2D eigenvalue weighted by molar-refractivity contribution is 9.08. The molecule has 1 aromatic rings. The zero-order valence-electron chi connectivity index (χ0n) is 10.2. The van der Waals surface area contributed by atoms with Gasteiger partial charge in [0.25, 0.3) is 0 Å². The van der Waals surface area contributed by atoms with Gasteiger partial charge in [0.05, 0.1) is 12.4 Å². The number of benzene rings is 1. The number of ether oxygens (including phenoxy) is 1. The first-order valence-electron chi connectivity index (χ1n) is 5.66. The molecule has 0 amide bonds. The second-order valence-corrected chi connectivity index (χ2v) is 6.87. The van der Waals surface area contributed by atoms with Crippen molar-refractivity contribution in [3.05, 3.63) is 29.6 Å². The molecular weight excluding hydrogens is 323 g/mol. The maximum atomic E-state index is 13.5. The van der Waals surface area contributed by atoms with Crippen molar-refractivity contribution < 1.29 is 17.5 Å². The van der Waals surface area contributed by atoms with E-state index in [1.807, 2.05) is 0 Å². The summed E-state index contributed by atoms with van der Waals surface area (Å²) in [5.41, 5.74) is 0.827. The molecule has 0 saturated carbocycles. The van der Waals surface area contributed by atoms with Crippen molar-refractivity contribution in [3.63, 3.8) is 0 Å². The number of sulfone groups is 1. The molecule has 0 aliphatic heterocycles. The Kier molecular flexibility index (Phi) is 6.08. The zero-order valence-corrected chi connectivity index (χ0v) is 12.6. The second kappa shape index (κ2) is 7.09. The van der Waals surface area contributed by atoms with Crippen molar-refractivity contribution in [2.75, 3.05) is 18.1 Å². The minimum Gasteiger partial charge on any atom is -0.490 e. The first-order chi connectivity index (χ1) is 8.48. The number of halogens is 2. The van der Waals surface area contributed by atoms with E-state index in [-0.39, 0.29) is 23.9 Å². The lowest BCUT2D eigenvalue weighted by Gasteiger charge is -2.08. The van der Waals surface area contributed by atoms with Crippen molar-refractivity contribution in [2.24, 2.45) is 0 Å². The Morgan fingerprint density at radius 1 is 1.39 bits per heavy atom. The van der Waals surface area contributed by atoms with Gasteiger partial charge in [-0.2, -0.15) is 0 Å². The van der Waals surface area contributed by atoms with Crippen LogP contribution in [0.25, 0.3) is 0 Å². The SMILES string of the molecule is CCS(=O)(=O)CCCOc1ccc(CBr)cc1F. The summed E-state index contributed by atoms with van der Waals surface area (Å²) in [4.78, 5) is 0. The Bertz CT molecular complexity index is 488. The minimum absolute atomic E-state index is 0.0740. The average Bonchev–Trinajstić information content (AvgIpc) is 2.36. The molecule has 0 atom stereocenters. The summed E-state index contributed by atoms with van der Waals surface area (Å²) in [5, 5.41) is 0.582. The van der Waals surface area contributed by atoms with E-state index >= 15 is 0 Å². The number of rotatable bonds is 7. The van der Waals surface area contributed by atoms with Gasteiger partial charge in [0, 0.05) is 11.1 Å². The van der Waals surface area contributed by atoms with Crippen molar-refractivity contribution in [1.82, 2.24) is 0 Å². The molecule has 3 nitrogen and oxygen atoms in total. The Morgan fingerprint density at radius 2 is 2.11 bits per heavy atom. The van der Waals surface area contributed by atoms with Gasteiger partial charge in [-0.1, -0.05) is 28.9 Å². The lowest BCUT2D eigenvalue weighted by molar-refractivity contribution is 0.301. The highest BCUT2D eigenvalue weighted by atomic mass is 79.9. The third kappa shape index (κ3) is 4.94. The van der Waals surface area contributed by atoms with Gasteiger partial charge in [-0.15, -0.1) is 0 Å². The van der Waals surface area contributed by atoms with Gasteiger partial charge >= 0.3 is 0 Å². The van der Waals surface area contributed by atoms with Crippen molar-refractivity contribution in [1.29, 1.82) is 0 Å². The number of alkyl halides is 1. The van der Waals surface area contributed by atoms with E-state index < -0.39 is 15.7 Å². The average molecular weight is 339 g/mol. The van der Waals surface area contributed by atoms with E-state index in [1.165, 1.54) is 6.07 Å². The first-order valence-corrected chi connectivity index (χ1v) is 8.60. The smallest absolute Gasteiger partial charge is 0.165 e. The van der Waals surface area contributed by atoms with Gasteiger partial charge in [0.15, 0.2) is 11.6 Å². The molecule has 1 rings (SSSR count). The zero-order chi connectivity index (χ0) is 13.6. The molecular formula is C12H16BrFO3S. The summed E-state index contributed by atoms with van der Waals surface area (Å²) in [6.45, 7) is 1.80. The third-order valence-electron chi connectivity index (χ3n) is 2.45. The molecule has 0 aliphatic carbocycles. The molecule has 0 aromatic heterocycles. The summed E-state index contributed by atoms with van der Waals surface area (Å²) in [5.74, 6) is -0.0646. The second-order valence-electron chi connectivity index (χ2n) is 3.84. The molecule has 0 N–H and O–H groups in total. The van der Waals surface area contributed by atoms with E-state index in [0.717, 1.165) is 5.56 Å². The van der Waals surface area contributed by atoms with E-state index in [0.29, 0.717) is 11.8 Å². The maximum absolute atomic E-state index is 13.5. The van der Waals surface area contributed by atoms with E-state index in [9.17, 15) is 12.8 Å². The fourth-order valence-electron chi connectivity index (χ4n) is 1.35. The van der Waals surface area contributed by atoms with Crippen LogP contribution in [0, 0.1) is 5.82 Å². The Labute approximate surface area is 115 Å². The predicted molar refractivity (Wildman–Crippen MR) is 73.5 cm³/mol. The van der Waals surface area contributed by atoms with Gasteiger partial charge in [-0.3, -0.25) is 0 Å². The summed E-state index contributed by atoms with van der Waals surface area (Å²) in [6.07, 6.45) is 0.371. The van der Waals surface area contributed by atoms with E-state index in [1.54, 1.807) is 19.1 Å². The summed E-state index contributed by atoms with van der Waals surface area (Å²) < 4.78 is 41.2. The molecule has 0 aliphatic rings. The van der Waals surface area contributed by atoms with Crippen LogP contribution in [0.15, 0.2) is 18.2 Å². The van der Waals surface area contributed by atoms with Crippen LogP contribution in [-0.2, 0) is 15.2 Å². The Hall–Kier alpha value is -0.620. The molecule has 102 valence electrons. The largest absolute Gasteiger partial charge is 0.490 e. The molecule has 1 aromatic carbocycles. The van der Waals surface area contributed by atoms with Crippen LogP contribution in [0.5, 0.6) is 5.75 Å². The minimum atomic E-state index is -2.97. The van der Waals surface area contributed by atoms with Gasteiger partial charge in [-0.05, 0) is 24.1 Å². The summed E-state index contributed by atoms with van der Waals surface area (Å²) in [7, 11) is -2.97. The molecule has 0 heterocycles. The first kappa shape index (κ1) is 15.4. The molecule has 0 fully saturated rings. The number of hydrogen-bond donors (Lipinski definition) is 0. The van der Waals surface area contributed by atoms with Crippen LogP contribution in [-0.4, -0.2) is 26.5 Å². The fraction of sp³-hybridized carbons (Fsp3) is 0.500. The summed E-state index contributed by atoms with van der Waals surface area (Å²) >= 11 is 3.24. The molecule has 0 spiro atoms. The van der Waals surface area contributed by atoms with Gasteiger partial charge in [-0.25, -0.2) is 12.8 Å². The van der Waals surface area contributed by atoms with Crippen LogP contribution in [0.4, 0.5) is 4.39 Å². The monoisotopic (exact) mass is 338 g/mol. The highest BCUT2D eigenvalue weighted by Crippen LogP contribution is 2.19. The van der Waals surface area contributed by atoms with Crippen LogP contribution < -0.4 is 4.74 Å². The van der Waals surface area contributed by atoms with Crippen LogP contribution in [0.2, 0.25) is 0 Å². The van der Waals surface area contributed by atoms with Gasteiger partial charge in [0.1, 0.15) is 9.84 Å². The fourth-order valence-corrected chi connectivity index (χ4v) is 2.54. The Balaban J connectivity index is 2.45. The highest BCUT2D eigenvalue weighted by Gasteiger charge is 2.08. The molecule has 18 heavy (non-hydrogen) atoms. The third-order valence-corrected chi connectivity index (χ3v) is 4.89. The molecule has 0 bridgehead atoms. The van der Waals surface area contributed by atoms with Crippen molar-refractivity contribution >= 4 is 25.8 Å².